The van der Waals surface area contributed by atoms with Gasteiger partial charge in [0.05, 0.1) is 16.6 Å². The number of benzene rings is 6. The zero-order valence-electron chi connectivity index (χ0n) is 36.4. The predicted molar refractivity (Wildman–Crippen MR) is 246 cm³/mol. The van der Waals surface area contributed by atoms with E-state index in [1.807, 2.05) is 0 Å². The van der Waals surface area contributed by atoms with Crippen molar-refractivity contribution in [2.75, 3.05) is 0 Å². The maximum atomic E-state index is 6.65. The van der Waals surface area contributed by atoms with E-state index < -0.39 is 23.7 Å². The Hall–Kier alpha value is -5.69. The van der Waals surface area contributed by atoms with E-state index in [4.69, 9.17) is 24.3 Å². The summed E-state index contributed by atoms with van der Waals surface area (Å²) in [5.74, 6) is 1.94. The third kappa shape index (κ3) is 5.86. The summed E-state index contributed by atoms with van der Waals surface area (Å²) in [4.78, 5) is 15.7. The molecule has 0 amide bonds. The quantitative estimate of drug-likeness (QED) is 0.166. The van der Waals surface area contributed by atoms with Gasteiger partial charge in [-0.2, -0.15) is 0 Å². The second-order valence-electron chi connectivity index (χ2n) is 20.0. The zero-order chi connectivity index (χ0) is 42.0. The van der Waals surface area contributed by atoms with Crippen molar-refractivity contribution in [3.05, 3.63) is 167 Å². The van der Waals surface area contributed by atoms with Gasteiger partial charge < -0.3 is 9.31 Å². The summed E-state index contributed by atoms with van der Waals surface area (Å²) in [6, 6.07) is 48.8. The van der Waals surface area contributed by atoms with E-state index in [1.54, 1.807) is 0 Å². The van der Waals surface area contributed by atoms with Crippen molar-refractivity contribution in [1.82, 2.24) is 15.0 Å². The number of aromatic nitrogens is 3. The Morgan fingerprint density at radius 3 is 1.27 bits per heavy atom. The number of hydrogen-bond acceptors (Lipinski definition) is 5. The van der Waals surface area contributed by atoms with Crippen molar-refractivity contribution in [3.8, 4) is 56.4 Å². The van der Waals surface area contributed by atoms with E-state index in [2.05, 4.69) is 203 Å². The van der Waals surface area contributed by atoms with E-state index >= 15 is 0 Å². The molecule has 7 aromatic rings. The van der Waals surface area contributed by atoms with E-state index in [-0.39, 0.29) is 10.8 Å². The van der Waals surface area contributed by atoms with Crippen LogP contribution in [0, 0.1) is 0 Å². The second kappa shape index (κ2) is 13.2. The molecule has 1 fully saturated rings. The van der Waals surface area contributed by atoms with Gasteiger partial charge in [-0.15, -0.1) is 0 Å². The van der Waals surface area contributed by atoms with Crippen LogP contribution in [0.2, 0.25) is 0 Å². The monoisotopic (exact) mass is 785 g/mol. The average Bonchev–Trinajstić information content (AvgIpc) is 3.78. The average molecular weight is 786 g/mol. The van der Waals surface area contributed by atoms with Gasteiger partial charge in [-0.3, -0.25) is 0 Å². The Labute approximate surface area is 355 Å². The molecule has 2 aliphatic carbocycles. The molecule has 10 rings (SSSR count). The van der Waals surface area contributed by atoms with Gasteiger partial charge >= 0.3 is 7.12 Å². The molecule has 5 nitrogen and oxygen atoms in total. The normalized spacial score (nSPS) is 16.7. The predicted octanol–water partition coefficient (Wildman–Crippen LogP) is 12.1. The van der Waals surface area contributed by atoms with Crippen LogP contribution in [0.15, 0.2) is 133 Å². The van der Waals surface area contributed by atoms with Crippen molar-refractivity contribution in [3.63, 3.8) is 0 Å². The molecule has 0 bridgehead atoms. The third-order valence-corrected chi connectivity index (χ3v) is 13.6. The smallest absolute Gasteiger partial charge is 0.399 e. The summed E-state index contributed by atoms with van der Waals surface area (Å²) < 4.78 is 13.3. The Morgan fingerprint density at radius 2 is 0.800 bits per heavy atom. The minimum absolute atomic E-state index is 0.0310. The molecular weight excluding hydrogens is 733 g/mol. The van der Waals surface area contributed by atoms with Gasteiger partial charge in [0, 0.05) is 16.7 Å². The lowest BCUT2D eigenvalue weighted by Gasteiger charge is -2.32. The summed E-state index contributed by atoms with van der Waals surface area (Å²) in [6.07, 6.45) is 0. The Kier molecular flexibility index (Phi) is 8.44. The van der Waals surface area contributed by atoms with Crippen LogP contribution < -0.4 is 5.46 Å². The lowest BCUT2D eigenvalue weighted by Crippen LogP contribution is -2.41. The lowest BCUT2D eigenvalue weighted by atomic mass is 9.68. The molecule has 0 atom stereocenters. The van der Waals surface area contributed by atoms with Crippen molar-refractivity contribution < 1.29 is 9.31 Å². The van der Waals surface area contributed by atoms with Crippen LogP contribution in [-0.4, -0.2) is 33.3 Å². The topological polar surface area (TPSA) is 57.1 Å². The molecule has 60 heavy (non-hydrogen) atoms. The zero-order valence-corrected chi connectivity index (χ0v) is 36.4. The summed E-state index contributed by atoms with van der Waals surface area (Å²) in [7, 11) is -0.486. The fourth-order valence-electron chi connectivity index (χ4n) is 9.42. The third-order valence-electron chi connectivity index (χ3n) is 13.6. The van der Waals surface area contributed by atoms with Gasteiger partial charge in [-0.1, -0.05) is 169 Å². The molecule has 2 heterocycles. The molecule has 1 aliphatic heterocycles. The molecule has 1 spiro atoms. The molecule has 1 aromatic heterocycles. The fraction of sp³-hybridized carbons (Fsp3) is 0.278. The van der Waals surface area contributed by atoms with Crippen molar-refractivity contribution in [1.29, 1.82) is 0 Å². The molecule has 6 heteroatoms. The van der Waals surface area contributed by atoms with Gasteiger partial charge in [0.25, 0.3) is 0 Å². The highest BCUT2D eigenvalue weighted by Crippen LogP contribution is 2.63. The Morgan fingerprint density at radius 1 is 0.417 bits per heavy atom. The minimum atomic E-state index is -0.586. The van der Waals surface area contributed by atoms with E-state index in [0.29, 0.717) is 17.5 Å². The van der Waals surface area contributed by atoms with Crippen LogP contribution >= 0.6 is 0 Å². The molecular formula is C54H52BN3O2. The minimum Gasteiger partial charge on any atom is -0.399 e. The van der Waals surface area contributed by atoms with Crippen molar-refractivity contribution >= 4 is 12.6 Å². The summed E-state index contributed by atoms with van der Waals surface area (Å²) >= 11 is 0. The standard InChI is InChI=1S/C54H52BN3O2/c1-50(2,3)36-24-19-33(20-25-36)47-56-48(34-21-26-37(27-22-34)51(4,5)6)58-49(57-47)35-23-29-41-42-30-28-38(55-59-52(7,8)53(9,10)60-55)32-46(42)54(45(41)31-35)43-17-13-11-15-39(43)40-16-12-14-18-44(40)54/h11-32H,1-10H3. The van der Waals surface area contributed by atoms with Crippen LogP contribution in [-0.2, 0) is 25.6 Å². The molecule has 298 valence electrons. The van der Waals surface area contributed by atoms with Crippen molar-refractivity contribution in [2.45, 2.75) is 96.7 Å². The lowest BCUT2D eigenvalue weighted by molar-refractivity contribution is 0.00578. The Bertz CT molecular complexity index is 2710. The second-order valence-corrected chi connectivity index (χ2v) is 20.0. The highest BCUT2D eigenvalue weighted by atomic mass is 16.7. The molecule has 3 aliphatic rings. The van der Waals surface area contributed by atoms with E-state index in [1.165, 1.54) is 55.6 Å². The molecule has 0 radical (unpaired) electrons. The van der Waals surface area contributed by atoms with Gasteiger partial charge in [0.2, 0.25) is 0 Å². The van der Waals surface area contributed by atoms with E-state index in [0.717, 1.165) is 22.2 Å². The molecule has 0 unspecified atom stereocenters. The number of hydrogen-bond donors (Lipinski definition) is 0. The summed E-state index contributed by atoms with van der Waals surface area (Å²) in [5, 5.41) is 0. The molecule has 0 saturated carbocycles. The highest BCUT2D eigenvalue weighted by Gasteiger charge is 2.55. The first-order valence-electron chi connectivity index (χ1n) is 21.3. The van der Waals surface area contributed by atoms with Crippen molar-refractivity contribution in [2.24, 2.45) is 0 Å². The first kappa shape index (κ1) is 38.5. The SMILES string of the molecule is CC(C)(C)c1ccc(-c2nc(-c3ccc(C(C)(C)C)cc3)nc(-c3ccc4c(c3)C3(c5ccccc5-c5ccccc53)c3cc(B5OC(C)(C)C(C)(C)O5)ccc3-4)n2)cc1. The number of fused-ring (bicyclic) bond motifs is 10. The highest BCUT2D eigenvalue weighted by molar-refractivity contribution is 6.62. The molecule has 0 N–H and O–H groups in total. The summed E-state index contributed by atoms with van der Waals surface area (Å²) in [6.45, 7) is 21.9. The van der Waals surface area contributed by atoms with Crippen LogP contribution in [0.5, 0.6) is 0 Å². The number of nitrogens with zero attached hydrogens (tertiary/aromatic N) is 3. The van der Waals surface area contributed by atoms with Crippen LogP contribution in [0.3, 0.4) is 0 Å². The Balaban J connectivity index is 1.18. The van der Waals surface area contributed by atoms with Gasteiger partial charge in [-0.25, -0.2) is 15.0 Å². The molecule has 6 aromatic carbocycles. The molecule has 1 saturated heterocycles. The van der Waals surface area contributed by atoms with Crippen LogP contribution in [0.4, 0.5) is 0 Å². The van der Waals surface area contributed by atoms with Gasteiger partial charge in [-0.05, 0) is 106 Å². The fourth-order valence-corrected chi connectivity index (χ4v) is 9.42. The first-order valence-corrected chi connectivity index (χ1v) is 21.3. The van der Waals surface area contributed by atoms with Gasteiger partial charge in [0.1, 0.15) is 0 Å². The largest absolute Gasteiger partial charge is 0.494 e. The van der Waals surface area contributed by atoms with Crippen LogP contribution in [0.25, 0.3) is 56.4 Å². The maximum Gasteiger partial charge on any atom is 0.494 e. The number of rotatable bonds is 4. The van der Waals surface area contributed by atoms with Crippen LogP contribution in [0.1, 0.15) is 103 Å². The first-order chi connectivity index (χ1) is 28.5. The maximum absolute atomic E-state index is 6.65. The summed E-state index contributed by atoms with van der Waals surface area (Å²) in [5.41, 5.74) is 14.9. The van der Waals surface area contributed by atoms with Gasteiger partial charge in [0.15, 0.2) is 17.5 Å². The van der Waals surface area contributed by atoms with E-state index in [9.17, 15) is 0 Å².